The third-order valence-electron chi connectivity index (χ3n) is 5.56. The molecule has 35 heavy (non-hydrogen) atoms. The maximum Gasteiger partial charge on any atom is 0.310 e. The molecule has 1 aliphatic heterocycles. The fraction of sp³-hybridized carbons (Fsp3) is 0.318. The first-order valence-electron chi connectivity index (χ1n) is 10.8. The number of anilines is 1. The van der Waals surface area contributed by atoms with Crippen LogP contribution in [-0.2, 0) is 19.6 Å². The van der Waals surface area contributed by atoms with Crippen LogP contribution in [0.2, 0.25) is 0 Å². The smallest absolute Gasteiger partial charge is 0.310 e. The van der Waals surface area contributed by atoms with E-state index in [-0.39, 0.29) is 34.4 Å². The molecule has 1 N–H and O–H groups in total. The molecule has 1 aromatic heterocycles. The van der Waals surface area contributed by atoms with Crippen molar-refractivity contribution in [1.29, 1.82) is 0 Å². The van der Waals surface area contributed by atoms with Crippen molar-refractivity contribution in [1.82, 2.24) is 9.29 Å². The second kappa shape index (κ2) is 10.1. The van der Waals surface area contributed by atoms with E-state index >= 15 is 0 Å². The largest absolute Gasteiger partial charge is 0.466 e. The van der Waals surface area contributed by atoms with E-state index in [0.29, 0.717) is 29.6 Å². The minimum absolute atomic E-state index is 0.0193. The third kappa shape index (κ3) is 5.31. The van der Waals surface area contributed by atoms with Gasteiger partial charge < -0.3 is 4.74 Å². The molecule has 0 aliphatic carbocycles. The van der Waals surface area contributed by atoms with Gasteiger partial charge in [0.15, 0.2) is 5.13 Å². The molecule has 1 unspecified atom stereocenters. The van der Waals surface area contributed by atoms with Crippen molar-refractivity contribution in [3.05, 3.63) is 58.1 Å². The number of piperidine rings is 1. The van der Waals surface area contributed by atoms with Crippen LogP contribution in [0.4, 0.5) is 10.8 Å². The number of nitro benzene ring substituents is 1. The van der Waals surface area contributed by atoms with Crippen molar-refractivity contribution in [2.75, 3.05) is 25.0 Å². The summed E-state index contributed by atoms with van der Waals surface area (Å²) >= 11 is 1.10. The Morgan fingerprint density at radius 1 is 1.26 bits per heavy atom. The zero-order valence-electron chi connectivity index (χ0n) is 18.7. The summed E-state index contributed by atoms with van der Waals surface area (Å²) in [6.45, 7) is 2.30. The second-order valence-electron chi connectivity index (χ2n) is 7.86. The molecule has 2 aromatic carbocycles. The maximum absolute atomic E-state index is 13.1. The molecular formula is C22H22N4O7S2. The van der Waals surface area contributed by atoms with Gasteiger partial charge in [0.05, 0.1) is 32.6 Å². The average Bonchev–Trinajstić information content (AvgIpc) is 3.25. The molecule has 13 heteroatoms. The van der Waals surface area contributed by atoms with Gasteiger partial charge in [0.25, 0.3) is 11.6 Å². The lowest BCUT2D eigenvalue weighted by Gasteiger charge is -2.30. The first kappa shape index (κ1) is 24.7. The van der Waals surface area contributed by atoms with Crippen LogP contribution in [0.5, 0.6) is 0 Å². The fourth-order valence-electron chi connectivity index (χ4n) is 3.79. The van der Waals surface area contributed by atoms with Gasteiger partial charge in [-0.3, -0.25) is 25.0 Å². The lowest BCUT2D eigenvalue weighted by atomic mass is 10.0. The molecule has 11 nitrogen and oxygen atoms in total. The summed E-state index contributed by atoms with van der Waals surface area (Å²) in [7, 11) is -3.84. The Balaban J connectivity index is 1.46. The number of sulfonamides is 1. The van der Waals surface area contributed by atoms with E-state index in [0.717, 1.165) is 11.3 Å². The number of hydrogen-bond acceptors (Lipinski definition) is 9. The number of esters is 1. The van der Waals surface area contributed by atoms with E-state index < -0.39 is 32.7 Å². The molecule has 0 radical (unpaired) electrons. The van der Waals surface area contributed by atoms with E-state index in [9.17, 15) is 28.1 Å². The maximum atomic E-state index is 13.1. The van der Waals surface area contributed by atoms with Crippen LogP contribution in [0.15, 0.2) is 47.4 Å². The zero-order chi connectivity index (χ0) is 25.2. The predicted octanol–water partition coefficient (Wildman–Crippen LogP) is 3.42. The van der Waals surface area contributed by atoms with Crippen molar-refractivity contribution in [2.24, 2.45) is 5.92 Å². The number of carbonyl (C=O) groups is 2. The number of nitrogens with one attached hydrogen (secondary N) is 1. The van der Waals surface area contributed by atoms with Gasteiger partial charge in [-0.25, -0.2) is 13.4 Å². The topological polar surface area (TPSA) is 149 Å². The van der Waals surface area contributed by atoms with Crippen LogP contribution in [0.1, 0.15) is 30.1 Å². The molecule has 0 spiro atoms. The highest BCUT2D eigenvalue weighted by Crippen LogP contribution is 2.30. The number of non-ortho nitro benzene ring substituents is 1. The Hall–Kier alpha value is -3.42. The van der Waals surface area contributed by atoms with Crippen molar-refractivity contribution < 1.29 is 27.7 Å². The summed E-state index contributed by atoms with van der Waals surface area (Å²) < 4.78 is 33.0. The van der Waals surface area contributed by atoms with E-state index in [1.54, 1.807) is 6.92 Å². The van der Waals surface area contributed by atoms with Crippen molar-refractivity contribution in [3.63, 3.8) is 0 Å². The van der Waals surface area contributed by atoms with Crippen molar-refractivity contribution in [2.45, 2.75) is 24.7 Å². The highest BCUT2D eigenvalue weighted by atomic mass is 32.2. The third-order valence-corrected chi connectivity index (χ3v) is 8.37. The molecule has 1 saturated heterocycles. The normalized spacial score (nSPS) is 16.7. The van der Waals surface area contributed by atoms with Crippen LogP contribution < -0.4 is 5.32 Å². The number of ether oxygens (including phenoxy) is 1. The number of carbonyl (C=O) groups excluding carboxylic acids is 2. The van der Waals surface area contributed by atoms with Gasteiger partial charge in [0.1, 0.15) is 0 Å². The van der Waals surface area contributed by atoms with E-state index in [2.05, 4.69) is 10.3 Å². The van der Waals surface area contributed by atoms with Gasteiger partial charge in [-0.1, -0.05) is 11.3 Å². The Morgan fingerprint density at radius 3 is 2.69 bits per heavy atom. The van der Waals surface area contributed by atoms with Gasteiger partial charge >= 0.3 is 5.97 Å². The lowest BCUT2D eigenvalue weighted by molar-refractivity contribution is -0.384. The Kier molecular flexibility index (Phi) is 7.10. The number of nitro groups is 1. The number of hydrogen-bond donors (Lipinski definition) is 1. The standard InChI is InChI=1S/C22H22N4O7S2/c1-2-33-21(28)15-4-3-11-25(13-15)35(31,32)17-8-5-14(6-9-17)20(27)24-22-23-18-10-7-16(26(29)30)12-19(18)34-22/h5-10,12,15H,2-4,11,13H2,1H3,(H,23,24,27). The van der Waals surface area contributed by atoms with E-state index in [4.69, 9.17) is 4.74 Å². The molecule has 1 aliphatic rings. The molecule has 3 aromatic rings. The van der Waals surface area contributed by atoms with E-state index in [1.807, 2.05) is 0 Å². The molecule has 1 amide bonds. The van der Waals surface area contributed by atoms with E-state index in [1.165, 1.54) is 46.8 Å². The van der Waals surface area contributed by atoms with Crippen LogP contribution in [-0.4, -0.2) is 54.2 Å². The number of aromatic nitrogens is 1. The van der Waals surface area contributed by atoms with Crippen LogP contribution >= 0.6 is 11.3 Å². The van der Waals surface area contributed by atoms with Crippen LogP contribution in [0.25, 0.3) is 10.2 Å². The summed E-state index contributed by atoms with van der Waals surface area (Å²) in [6.07, 6.45) is 1.12. The number of benzene rings is 2. The Bertz CT molecular complexity index is 1390. The SMILES string of the molecule is CCOC(=O)C1CCCN(S(=O)(=O)c2ccc(C(=O)Nc3nc4ccc([N+](=O)[O-])cc4s3)cc2)C1. The predicted molar refractivity (Wildman–Crippen MR) is 129 cm³/mol. The first-order chi connectivity index (χ1) is 16.7. The van der Waals surface area contributed by atoms with Gasteiger partial charge in [-0.15, -0.1) is 0 Å². The average molecular weight is 519 g/mol. The van der Waals surface area contributed by atoms with Gasteiger partial charge in [0, 0.05) is 30.8 Å². The highest BCUT2D eigenvalue weighted by Gasteiger charge is 2.34. The number of amides is 1. The Labute approximate surface area is 204 Å². The van der Waals surface area contributed by atoms with Crippen LogP contribution in [0.3, 0.4) is 0 Å². The number of fused-ring (bicyclic) bond motifs is 1. The molecular weight excluding hydrogens is 496 g/mol. The summed E-state index contributed by atoms with van der Waals surface area (Å²) in [6, 6.07) is 9.71. The zero-order valence-corrected chi connectivity index (χ0v) is 20.3. The first-order valence-corrected chi connectivity index (χ1v) is 13.1. The van der Waals surface area contributed by atoms with Gasteiger partial charge in [-0.2, -0.15) is 4.31 Å². The summed E-state index contributed by atoms with van der Waals surface area (Å²) in [4.78, 5) is 39.4. The van der Waals surface area contributed by atoms with Gasteiger partial charge in [0.2, 0.25) is 10.0 Å². The molecule has 184 valence electrons. The summed E-state index contributed by atoms with van der Waals surface area (Å²) in [5.74, 6) is -1.40. The highest BCUT2D eigenvalue weighted by molar-refractivity contribution is 7.89. The fourth-order valence-corrected chi connectivity index (χ4v) is 6.21. The minimum atomic E-state index is -3.84. The van der Waals surface area contributed by atoms with Crippen molar-refractivity contribution >= 4 is 54.3 Å². The molecule has 0 bridgehead atoms. The monoisotopic (exact) mass is 518 g/mol. The molecule has 1 atom stereocenters. The second-order valence-corrected chi connectivity index (χ2v) is 10.8. The number of rotatable bonds is 7. The minimum Gasteiger partial charge on any atom is -0.466 e. The Morgan fingerprint density at radius 2 is 2.00 bits per heavy atom. The lowest BCUT2D eigenvalue weighted by Crippen LogP contribution is -2.42. The quantitative estimate of drug-likeness (QED) is 0.284. The molecule has 0 saturated carbocycles. The number of nitrogens with zero attached hydrogens (tertiary/aromatic N) is 3. The van der Waals surface area contributed by atoms with Crippen LogP contribution in [0, 0.1) is 16.0 Å². The van der Waals surface area contributed by atoms with Gasteiger partial charge in [-0.05, 0) is 50.1 Å². The number of thiazole rings is 1. The summed E-state index contributed by atoms with van der Waals surface area (Å²) in [5.41, 5.74) is 0.662. The molecule has 4 rings (SSSR count). The molecule has 1 fully saturated rings. The van der Waals surface area contributed by atoms with Crippen molar-refractivity contribution in [3.8, 4) is 0 Å². The molecule has 2 heterocycles. The summed E-state index contributed by atoms with van der Waals surface area (Å²) in [5, 5.41) is 13.8.